The van der Waals surface area contributed by atoms with Crippen molar-refractivity contribution < 1.29 is 0 Å². The molecule has 0 aliphatic heterocycles. The van der Waals surface area contributed by atoms with E-state index in [4.69, 9.17) is 0 Å². The minimum atomic E-state index is 0.706. The number of hydrogen-bond acceptors (Lipinski definition) is 1. The average molecular weight is 985 g/mol. The van der Waals surface area contributed by atoms with Gasteiger partial charge in [-0.2, -0.15) is 5.26 Å². The molecule has 0 heterocycles. The molecular weight excluding hydrogens is 891 g/mol. The molecule has 0 bridgehead atoms. The second kappa shape index (κ2) is 30.2. The Morgan fingerprint density at radius 3 is 1.16 bits per heavy atom. The Balaban J connectivity index is 1.40. The normalized spacial score (nSPS) is 11.5. The molecule has 0 radical (unpaired) electrons. The summed E-state index contributed by atoms with van der Waals surface area (Å²) in [7, 11) is 0. The van der Waals surface area contributed by atoms with E-state index in [0.717, 1.165) is 25.7 Å². The first kappa shape index (κ1) is 56.3. The molecule has 0 spiro atoms. The minimum absolute atomic E-state index is 0.706. The number of nitriles is 1. The number of fused-ring (bicyclic) bond motifs is 2. The summed E-state index contributed by atoms with van der Waals surface area (Å²) >= 11 is 0. The van der Waals surface area contributed by atoms with Crippen molar-refractivity contribution in [3.05, 3.63) is 154 Å². The standard InChI is InChI=1S/C73H93N/c1-7-11-15-19-23-27-31-59-51-72(62(44-56(59)6)32-28-24-20-16-12-8-2)69-48-67(58-39-36-57(54-74)37-40-58)49-70(50-69)73-53-63(33-29-25-21-17-13-9-3)71(52-64(73)34-30-26-22-18-14-10-4)65-42-41-61-45-66-43-55(5)35-38-60(66)46-68(61)47-65/h35-53H,7-34H2,1-6H3. The summed E-state index contributed by atoms with van der Waals surface area (Å²) in [5.74, 6) is 0. The fourth-order valence-electron chi connectivity index (χ4n) is 11.7. The number of benzene rings is 7. The lowest BCUT2D eigenvalue weighted by Crippen LogP contribution is -2.01. The molecule has 7 rings (SSSR count). The van der Waals surface area contributed by atoms with E-state index in [1.807, 2.05) is 12.1 Å². The summed E-state index contributed by atoms with van der Waals surface area (Å²) in [4.78, 5) is 0. The fraction of sp³-hybridized carbons (Fsp3) is 0.466. The van der Waals surface area contributed by atoms with Crippen molar-refractivity contribution in [2.24, 2.45) is 0 Å². The van der Waals surface area contributed by atoms with Crippen molar-refractivity contribution in [2.45, 2.75) is 221 Å². The van der Waals surface area contributed by atoms with E-state index in [1.165, 1.54) is 254 Å². The molecule has 7 aromatic carbocycles. The maximum absolute atomic E-state index is 9.87. The Bertz CT molecular complexity index is 2870. The largest absolute Gasteiger partial charge is 0.192 e. The Kier molecular flexibility index (Phi) is 23.0. The molecule has 0 fully saturated rings. The first-order chi connectivity index (χ1) is 36.3. The number of unbranched alkanes of at least 4 members (excludes halogenated alkanes) is 20. The molecule has 1 nitrogen and oxygen atoms in total. The monoisotopic (exact) mass is 984 g/mol. The summed E-state index contributed by atoms with van der Waals surface area (Å²) in [6, 6.07) is 47.7. The topological polar surface area (TPSA) is 23.8 Å². The van der Waals surface area contributed by atoms with Crippen molar-refractivity contribution in [1.82, 2.24) is 0 Å². The molecule has 74 heavy (non-hydrogen) atoms. The van der Waals surface area contributed by atoms with Crippen LogP contribution in [-0.2, 0) is 25.7 Å². The van der Waals surface area contributed by atoms with Crippen molar-refractivity contribution >= 4 is 21.5 Å². The van der Waals surface area contributed by atoms with E-state index in [-0.39, 0.29) is 0 Å². The van der Waals surface area contributed by atoms with Crippen molar-refractivity contribution in [3.63, 3.8) is 0 Å². The van der Waals surface area contributed by atoms with Crippen LogP contribution < -0.4 is 0 Å². The molecule has 0 atom stereocenters. The van der Waals surface area contributed by atoms with E-state index in [2.05, 4.69) is 151 Å². The lowest BCUT2D eigenvalue weighted by molar-refractivity contribution is 0.605. The van der Waals surface area contributed by atoms with E-state index in [0.29, 0.717) is 5.56 Å². The van der Waals surface area contributed by atoms with E-state index in [1.54, 1.807) is 0 Å². The van der Waals surface area contributed by atoms with Crippen LogP contribution in [0.2, 0.25) is 0 Å². The number of aryl methyl sites for hydroxylation is 6. The van der Waals surface area contributed by atoms with Crippen LogP contribution in [0.4, 0.5) is 0 Å². The molecule has 0 aromatic heterocycles. The van der Waals surface area contributed by atoms with Gasteiger partial charge in [-0.25, -0.2) is 0 Å². The van der Waals surface area contributed by atoms with E-state index < -0.39 is 0 Å². The third-order valence-corrected chi connectivity index (χ3v) is 16.3. The summed E-state index contributed by atoms with van der Waals surface area (Å²) in [5.41, 5.74) is 20.1. The Morgan fingerprint density at radius 1 is 0.297 bits per heavy atom. The van der Waals surface area contributed by atoms with Gasteiger partial charge in [-0.05, 0) is 208 Å². The van der Waals surface area contributed by atoms with Crippen LogP contribution in [0.1, 0.15) is 221 Å². The van der Waals surface area contributed by atoms with Gasteiger partial charge in [0.25, 0.3) is 0 Å². The van der Waals surface area contributed by atoms with Gasteiger partial charge in [0.05, 0.1) is 11.6 Å². The van der Waals surface area contributed by atoms with Crippen LogP contribution >= 0.6 is 0 Å². The summed E-state index contributed by atoms with van der Waals surface area (Å²) in [5, 5.41) is 15.1. The molecule has 0 saturated heterocycles. The highest BCUT2D eigenvalue weighted by atomic mass is 14.2. The average Bonchev–Trinajstić information content (AvgIpc) is 3.42. The zero-order valence-corrected chi connectivity index (χ0v) is 47.2. The van der Waals surface area contributed by atoms with Gasteiger partial charge in [-0.1, -0.05) is 228 Å². The van der Waals surface area contributed by atoms with Gasteiger partial charge in [0.2, 0.25) is 0 Å². The summed E-state index contributed by atoms with van der Waals surface area (Å²) in [6.45, 7) is 13.8. The number of nitrogens with zero attached hydrogens (tertiary/aromatic N) is 1. The van der Waals surface area contributed by atoms with Crippen molar-refractivity contribution in [2.75, 3.05) is 0 Å². The first-order valence-corrected chi connectivity index (χ1v) is 30.2. The quantitative estimate of drug-likeness (QED) is 0.0305. The first-order valence-electron chi connectivity index (χ1n) is 30.2. The summed E-state index contributed by atoms with van der Waals surface area (Å²) in [6.07, 6.45) is 35.5. The van der Waals surface area contributed by atoms with Crippen molar-refractivity contribution in [3.8, 4) is 50.6 Å². The van der Waals surface area contributed by atoms with Gasteiger partial charge < -0.3 is 0 Å². The lowest BCUT2D eigenvalue weighted by atomic mass is 9.83. The van der Waals surface area contributed by atoms with Crippen LogP contribution in [0.25, 0.3) is 66.1 Å². The molecule has 0 amide bonds. The third kappa shape index (κ3) is 16.3. The van der Waals surface area contributed by atoms with Gasteiger partial charge in [0.1, 0.15) is 0 Å². The molecule has 0 saturated carbocycles. The highest BCUT2D eigenvalue weighted by molar-refractivity contribution is 6.00. The van der Waals surface area contributed by atoms with Crippen LogP contribution in [-0.4, -0.2) is 0 Å². The van der Waals surface area contributed by atoms with Gasteiger partial charge in [0.15, 0.2) is 0 Å². The van der Waals surface area contributed by atoms with Crippen LogP contribution in [0.5, 0.6) is 0 Å². The predicted octanol–water partition coefficient (Wildman–Crippen LogP) is 22.8. The van der Waals surface area contributed by atoms with Gasteiger partial charge in [0, 0.05) is 0 Å². The molecule has 0 aliphatic rings. The van der Waals surface area contributed by atoms with Crippen LogP contribution in [0.3, 0.4) is 0 Å². The Hall–Kier alpha value is -5.45. The second-order valence-corrected chi connectivity index (χ2v) is 22.4. The van der Waals surface area contributed by atoms with Crippen molar-refractivity contribution in [1.29, 1.82) is 5.26 Å². The zero-order valence-electron chi connectivity index (χ0n) is 47.2. The number of hydrogen-bond donors (Lipinski definition) is 0. The zero-order chi connectivity index (χ0) is 51.9. The minimum Gasteiger partial charge on any atom is -0.192 e. The predicted molar refractivity (Wildman–Crippen MR) is 326 cm³/mol. The lowest BCUT2D eigenvalue weighted by Gasteiger charge is -2.21. The molecule has 0 N–H and O–H groups in total. The molecular formula is C73H93N. The Labute approximate surface area is 450 Å². The fourth-order valence-corrected chi connectivity index (χ4v) is 11.7. The SMILES string of the molecule is CCCCCCCCc1cc(-c2cc(-c3ccc(C#N)cc3)cc(-c3cc(CCCCCCCC)c(-c4ccc5cc6cc(C)ccc6cc5c4)cc3CCCCCCCC)c2)c(CCCCCCCC)cc1C. The highest BCUT2D eigenvalue weighted by Gasteiger charge is 2.19. The molecule has 1 heteroatoms. The molecule has 0 aliphatic carbocycles. The van der Waals surface area contributed by atoms with E-state index in [9.17, 15) is 5.26 Å². The van der Waals surface area contributed by atoms with Gasteiger partial charge in [-0.3, -0.25) is 0 Å². The van der Waals surface area contributed by atoms with Gasteiger partial charge in [-0.15, -0.1) is 0 Å². The molecule has 0 unspecified atom stereocenters. The Morgan fingerprint density at radius 2 is 0.676 bits per heavy atom. The van der Waals surface area contributed by atoms with Gasteiger partial charge >= 0.3 is 0 Å². The summed E-state index contributed by atoms with van der Waals surface area (Å²) < 4.78 is 0. The third-order valence-electron chi connectivity index (χ3n) is 16.3. The molecule has 7 aromatic rings. The molecule has 390 valence electrons. The van der Waals surface area contributed by atoms with Crippen LogP contribution in [0.15, 0.2) is 115 Å². The van der Waals surface area contributed by atoms with Crippen LogP contribution in [0, 0.1) is 25.2 Å². The maximum atomic E-state index is 9.87. The number of rotatable bonds is 32. The van der Waals surface area contributed by atoms with E-state index >= 15 is 0 Å². The highest BCUT2D eigenvalue weighted by Crippen LogP contribution is 2.41. The second-order valence-electron chi connectivity index (χ2n) is 22.4. The maximum Gasteiger partial charge on any atom is 0.0991 e. The smallest absolute Gasteiger partial charge is 0.0991 e.